The van der Waals surface area contributed by atoms with Crippen LogP contribution in [0.1, 0.15) is 0 Å². The Labute approximate surface area is 241 Å². The number of hydrogen-bond acceptors (Lipinski definition) is 3. The van der Waals surface area contributed by atoms with Crippen LogP contribution in [-0.2, 0) is 0 Å². The molecular weight excluding hydrogens is 514 g/mol. The highest BCUT2D eigenvalue weighted by atomic mass is 16.3. The first-order valence-electron chi connectivity index (χ1n) is 14.1. The molecule has 0 saturated carbocycles. The minimum Gasteiger partial charge on any atom is -0.455 e. The normalized spacial score (nSPS) is 11.8. The van der Waals surface area contributed by atoms with Gasteiger partial charge in [-0.25, -0.2) is 9.97 Å². The van der Waals surface area contributed by atoms with Crippen LogP contribution in [0.25, 0.3) is 83.0 Å². The molecule has 0 aliphatic rings. The number of rotatable bonds is 3. The van der Waals surface area contributed by atoms with Crippen molar-refractivity contribution >= 4 is 54.5 Å². The Bertz CT molecular complexity index is 2400. The molecule has 9 rings (SSSR count). The second-order valence-corrected chi connectivity index (χ2v) is 10.6. The SMILES string of the molecule is c1ccc(-c2cc(-c3ccccc3)nc(-n3c4ccccc4c4c5oc6c7ccccc7ccc6c5ccc43)n2)cc1. The van der Waals surface area contributed by atoms with E-state index in [0.717, 1.165) is 71.6 Å². The number of para-hydroxylation sites is 1. The molecule has 0 aliphatic heterocycles. The Morgan fingerprint density at radius 1 is 0.452 bits per heavy atom. The third-order valence-corrected chi connectivity index (χ3v) is 8.22. The minimum absolute atomic E-state index is 0.627. The van der Waals surface area contributed by atoms with Crippen molar-refractivity contribution in [1.82, 2.24) is 14.5 Å². The second kappa shape index (κ2) is 8.88. The van der Waals surface area contributed by atoms with E-state index in [1.54, 1.807) is 0 Å². The predicted octanol–water partition coefficient (Wildman–Crippen LogP) is 9.96. The van der Waals surface area contributed by atoms with E-state index in [2.05, 4.69) is 108 Å². The van der Waals surface area contributed by atoms with Gasteiger partial charge in [-0.15, -0.1) is 0 Å². The van der Waals surface area contributed by atoms with Crippen molar-refractivity contribution in [3.8, 4) is 28.5 Å². The van der Waals surface area contributed by atoms with Gasteiger partial charge in [0.05, 0.1) is 27.8 Å². The molecule has 0 atom stereocenters. The molecule has 3 aromatic heterocycles. The summed E-state index contributed by atoms with van der Waals surface area (Å²) in [5.74, 6) is 0.627. The summed E-state index contributed by atoms with van der Waals surface area (Å²) >= 11 is 0. The first kappa shape index (κ1) is 23.0. The van der Waals surface area contributed by atoms with Crippen LogP contribution in [0.4, 0.5) is 0 Å². The molecule has 0 saturated heterocycles. The zero-order valence-corrected chi connectivity index (χ0v) is 22.5. The maximum Gasteiger partial charge on any atom is 0.235 e. The van der Waals surface area contributed by atoms with Gasteiger partial charge in [-0.1, -0.05) is 109 Å². The van der Waals surface area contributed by atoms with Gasteiger partial charge >= 0.3 is 0 Å². The van der Waals surface area contributed by atoms with E-state index in [4.69, 9.17) is 14.4 Å². The highest BCUT2D eigenvalue weighted by Gasteiger charge is 2.21. The molecule has 0 aliphatic carbocycles. The maximum atomic E-state index is 6.77. The molecular formula is C38H23N3O. The lowest BCUT2D eigenvalue weighted by molar-refractivity contribution is 0.676. The monoisotopic (exact) mass is 537 g/mol. The summed E-state index contributed by atoms with van der Waals surface area (Å²) in [7, 11) is 0. The molecule has 4 heteroatoms. The molecule has 0 fully saturated rings. The van der Waals surface area contributed by atoms with E-state index in [-0.39, 0.29) is 0 Å². The van der Waals surface area contributed by atoms with Gasteiger partial charge in [-0.3, -0.25) is 4.57 Å². The Kier molecular flexibility index (Phi) is 4.87. The zero-order valence-electron chi connectivity index (χ0n) is 22.5. The second-order valence-electron chi connectivity index (χ2n) is 10.6. The van der Waals surface area contributed by atoms with Crippen molar-refractivity contribution in [3.05, 3.63) is 140 Å². The zero-order chi connectivity index (χ0) is 27.6. The Morgan fingerprint density at radius 2 is 1.05 bits per heavy atom. The first-order valence-corrected chi connectivity index (χ1v) is 14.1. The summed E-state index contributed by atoms with van der Waals surface area (Å²) in [5, 5.41) is 6.69. The molecule has 0 radical (unpaired) electrons. The van der Waals surface area contributed by atoms with Gasteiger partial charge in [0.2, 0.25) is 5.95 Å². The van der Waals surface area contributed by atoms with Gasteiger partial charge in [0.15, 0.2) is 0 Å². The van der Waals surface area contributed by atoms with Crippen LogP contribution in [-0.4, -0.2) is 14.5 Å². The van der Waals surface area contributed by atoms with E-state index in [0.29, 0.717) is 5.95 Å². The standard InChI is InChI=1S/C38H23N3O/c1-3-12-25(13-4-1)31-23-32(26-14-5-2-6-15-26)40-38(39-31)41-33-18-10-9-17-30(33)35-34(41)22-21-29-28-20-19-24-11-7-8-16-27(24)36(28)42-37(29)35/h1-23H. The maximum absolute atomic E-state index is 6.77. The molecule has 0 unspecified atom stereocenters. The van der Waals surface area contributed by atoms with Gasteiger partial charge in [-0.2, -0.15) is 0 Å². The smallest absolute Gasteiger partial charge is 0.235 e. The Balaban J connectivity index is 1.39. The van der Waals surface area contributed by atoms with Gasteiger partial charge in [0, 0.05) is 32.7 Å². The van der Waals surface area contributed by atoms with E-state index in [1.807, 2.05) is 36.4 Å². The fraction of sp³-hybridized carbons (Fsp3) is 0. The third-order valence-electron chi connectivity index (χ3n) is 8.22. The number of nitrogens with zero attached hydrogens (tertiary/aromatic N) is 3. The summed E-state index contributed by atoms with van der Waals surface area (Å²) in [6, 6.07) is 48.2. The third kappa shape index (κ3) is 3.36. The fourth-order valence-electron chi connectivity index (χ4n) is 6.28. The van der Waals surface area contributed by atoms with Gasteiger partial charge in [-0.05, 0) is 35.7 Å². The minimum atomic E-state index is 0.627. The fourth-order valence-corrected chi connectivity index (χ4v) is 6.28. The lowest BCUT2D eigenvalue weighted by atomic mass is 10.0. The molecule has 3 heterocycles. The average Bonchev–Trinajstić information content (AvgIpc) is 3.61. The van der Waals surface area contributed by atoms with E-state index >= 15 is 0 Å². The Morgan fingerprint density at radius 3 is 1.79 bits per heavy atom. The lowest BCUT2D eigenvalue weighted by Gasteiger charge is -2.11. The van der Waals surface area contributed by atoms with Crippen molar-refractivity contribution in [1.29, 1.82) is 0 Å². The Hall–Kier alpha value is -5.74. The molecule has 196 valence electrons. The molecule has 0 amide bonds. The summed E-state index contributed by atoms with van der Waals surface area (Å²) in [4.78, 5) is 10.3. The van der Waals surface area contributed by atoms with Crippen molar-refractivity contribution in [2.75, 3.05) is 0 Å². The predicted molar refractivity (Wildman–Crippen MR) is 172 cm³/mol. The quantitative estimate of drug-likeness (QED) is 0.225. The van der Waals surface area contributed by atoms with Crippen molar-refractivity contribution < 1.29 is 4.42 Å². The summed E-state index contributed by atoms with van der Waals surface area (Å²) in [6.07, 6.45) is 0. The molecule has 4 nitrogen and oxygen atoms in total. The number of aromatic nitrogens is 3. The van der Waals surface area contributed by atoms with Gasteiger partial charge < -0.3 is 4.42 Å². The van der Waals surface area contributed by atoms with Crippen molar-refractivity contribution in [2.24, 2.45) is 0 Å². The molecule has 6 aromatic carbocycles. The molecule has 0 spiro atoms. The van der Waals surface area contributed by atoms with E-state index < -0.39 is 0 Å². The topological polar surface area (TPSA) is 43.9 Å². The number of hydrogen-bond donors (Lipinski definition) is 0. The molecule has 9 aromatic rings. The highest BCUT2D eigenvalue weighted by molar-refractivity contribution is 6.25. The van der Waals surface area contributed by atoms with Crippen LogP contribution in [0.15, 0.2) is 144 Å². The first-order chi connectivity index (χ1) is 20.8. The van der Waals surface area contributed by atoms with E-state index in [1.165, 1.54) is 5.39 Å². The highest BCUT2D eigenvalue weighted by Crippen LogP contribution is 2.42. The summed E-state index contributed by atoms with van der Waals surface area (Å²) < 4.78 is 8.94. The van der Waals surface area contributed by atoms with Crippen LogP contribution >= 0.6 is 0 Å². The van der Waals surface area contributed by atoms with Gasteiger partial charge in [0.1, 0.15) is 11.2 Å². The average molecular weight is 538 g/mol. The molecule has 0 N–H and O–H groups in total. The summed E-state index contributed by atoms with van der Waals surface area (Å²) in [6.45, 7) is 0. The molecule has 0 bridgehead atoms. The number of benzene rings is 6. The van der Waals surface area contributed by atoms with Crippen LogP contribution in [0.2, 0.25) is 0 Å². The van der Waals surface area contributed by atoms with Crippen LogP contribution in [0, 0.1) is 0 Å². The van der Waals surface area contributed by atoms with Crippen LogP contribution in [0.5, 0.6) is 0 Å². The van der Waals surface area contributed by atoms with Gasteiger partial charge in [0.25, 0.3) is 0 Å². The number of fused-ring (bicyclic) bond motifs is 9. The van der Waals surface area contributed by atoms with E-state index in [9.17, 15) is 0 Å². The largest absolute Gasteiger partial charge is 0.455 e. The van der Waals surface area contributed by atoms with Crippen LogP contribution < -0.4 is 0 Å². The number of furan rings is 1. The van der Waals surface area contributed by atoms with Crippen LogP contribution in [0.3, 0.4) is 0 Å². The van der Waals surface area contributed by atoms with Crippen molar-refractivity contribution in [2.45, 2.75) is 0 Å². The lowest BCUT2D eigenvalue weighted by Crippen LogP contribution is -2.03. The summed E-state index contributed by atoms with van der Waals surface area (Å²) in [5.41, 5.74) is 7.70. The van der Waals surface area contributed by atoms with Crippen molar-refractivity contribution in [3.63, 3.8) is 0 Å². The molecule has 42 heavy (non-hydrogen) atoms.